The molecule has 0 unspecified atom stereocenters. The molecular formula is C6H15NSi. The summed E-state index contributed by atoms with van der Waals surface area (Å²) in [6.07, 6.45) is 2.02. The fourth-order valence-corrected chi connectivity index (χ4v) is 1.00. The second kappa shape index (κ2) is 2.92. The molecule has 0 bridgehead atoms. The zero-order valence-electron chi connectivity index (χ0n) is 6.15. The molecule has 0 aromatic rings. The lowest BCUT2D eigenvalue weighted by molar-refractivity contribution is 1.10. The van der Waals surface area contributed by atoms with Crippen LogP contribution in [0.4, 0.5) is 0 Å². The normalized spacial score (nSPS) is 12.5. The maximum absolute atomic E-state index is 2.98. The highest BCUT2D eigenvalue weighted by atomic mass is 28.3. The van der Waals surface area contributed by atoms with E-state index in [1.807, 2.05) is 13.2 Å². The SMILES string of the molecule is CN/C=C/[Si](C)(C)C. The maximum atomic E-state index is 2.98. The Labute approximate surface area is 52.8 Å². The summed E-state index contributed by atoms with van der Waals surface area (Å²) in [5.41, 5.74) is 2.27. The van der Waals surface area contributed by atoms with Gasteiger partial charge in [-0.3, -0.25) is 0 Å². The molecule has 0 aliphatic carbocycles. The van der Waals surface area contributed by atoms with Crippen LogP contribution >= 0.6 is 0 Å². The second-order valence-corrected chi connectivity index (χ2v) is 8.05. The monoisotopic (exact) mass is 129 g/mol. The van der Waals surface area contributed by atoms with Crippen molar-refractivity contribution in [2.75, 3.05) is 7.05 Å². The van der Waals surface area contributed by atoms with E-state index in [1.54, 1.807) is 0 Å². The molecule has 0 aliphatic rings. The van der Waals surface area contributed by atoms with E-state index in [9.17, 15) is 0 Å². The Hall–Kier alpha value is -0.243. The lowest BCUT2D eigenvalue weighted by atomic mass is 11.0. The molecule has 0 fully saturated rings. The van der Waals surface area contributed by atoms with Gasteiger partial charge in [0, 0.05) is 7.05 Å². The van der Waals surface area contributed by atoms with E-state index >= 15 is 0 Å². The molecule has 2 heteroatoms. The first-order valence-electron chi connectivity index (χ1n) is 2.91. The summed E-state index contributed by atoms with van der Waals surface area (Å²) in [6.45, 7) is 6.92. The molecule has 0 saturated heterocycles. The van der Waals surface area contributed by atoms with Gasteiger partial charge in [-0.15, -0.1) is 0 Å². The maximum Gasteiger partial charge on any atom is 0.0705 e. The Morgan fingerprint density at radius 3 is 1.88 bits per heavy atom. The van der Waals surface area contributed by atoms with Gasteiger partial charge >= 0.3 is 0 Å². The molecule has 0 radical (unpaired) electrons. The molecule has 0 heterocycles. The molecule has 0 amide bonds. The summed E-state index contributed by atoms with van der Waals surface area (Å²) in [6, 6.07) is 0. The van der Waals surface area contributed by atoms with Gasteiger partial charge in [0.25, 0.3) is 0 Å². The van der Waals surface area contributed by atoms with Crippen LogP contribution in [0.25, 0.3) is 0 Å². The lowest BCUT2D eigenvalue weighted by Crippen LogP contribution is -2.16. The van der Waals surface area contributed by atoms with Crippen LogP contribution in [-0.4, -0.2) is 15.1 Å². The minimum Gasteiger partial charge on any atom is -0.395 e. The fourth-order valence-electron chi connectivity index (χ4n) is 0.333. The van der Waals surface area contributed by atoms with Gasteiger partial charge < -0.3 is 5.32 Å². The standard InChI is InChI=1S/C6H15NSi/c1-7-5-6-8(2,3)4/h5-7H,1-4H3/b6-5+. The molecule has 0 atom stereocenters. The van der Waals surface area contributed by atoms with Gasteiger partial charge in [-0.05, 0) is 6.20 Å². The van der Waals surface area contributed by atoms with E-state index in [2.05, 4.69) is 30.7 Å². The zero-order chi connectivity index (χ0) is 6.62. The van der Waals surface area contributed by atoms with Gasteiger partial charge in [-0.1, -0.05) is 25.3 Å². The van der Waals surface area contributed by atoms with Crippen molar-refractivity contribution < 1.29 is 0 Å². The van der Waals surface area contributed by atoms with E-state index < -0.39 is 8.07 Å². The van der Waals surface area contributed by atoms with E-state index in [-0.39, 0.29) is 0 Å². The van der Waals surface area contributed by atoms with E-state index in [0.717, 1.165) is 0 Å². The van der Waals surface area contributed by atoms with Crippen LogP contribution in [-0.2, 0) is 0 Å². The Morgan fingerprint density at radius 2 is 1.75 bits per heavy atom. The molecule has 0 aromatic carbocycles. The molecule has 1 N–H and O–H groups in total. The minimum absolute atomic E-state index is 0.921. The van der Waals surface area contributed by atoms with Crippen molar-refractivity contribution in [1.29, 1.82) is 0 Å². The highest BCUT2D eigenvalue weighted by molar-refractivity contribution is 6.80. The van der Waals surface area contributed by atoms with Gasteiger partial charge in [0.05, 0.1) is 8.07 Å². The largest absolute Gasteiger partial charge is 0.395 e. The van der Waals surface area contributed by atoms with Crippen molar-refractivity contribution in [2.45, 2.75) is 19.6 Å². The highest BCUT2D eigenvalue weighted by Gasteiger charge is 2.05. The topological polar surface area (TPSA) is 12.0 Å². The van der Waals surface area contributed by atoms with Crippen molar-refractivity contribution >= 4 is 8.07 Å². The Balaban J connectivity index is 3.52. The summed E-state index contributed by atoms with van der Waals surface area (Å²) in [7, 11) is 1.01. The summed E-state index contributed by atoms with van der Waals surface area (Å²) >= 11 is 0. The van der Waals surface area contributed by atoms with Gasteiger partial charge in [-0.2, -0.15) is 0 Å². The van der Waals surface area contributed by atoms with Gasteiger partial charge in [0.15, 0.2) is 0 Å². The van der Waals surface area contributed by atoms with Gasteiger partial charge in [-0.25, -0.2) is 0 Å². The first-order valence-corrected chi connectivity index (χ1v) is 6.49. The Kier molecular flexibility index (Phi) is 2.83. The van der Waals surface area contributed by atoms with Gasteiger partial charge in [0.2, 0.25) is 0 Å². The lowest BCUT2D eigenvalue weighted by Gasteiger charge is -2.06. The Morgan fingerprint density at radius 1 is 1.25 bits per heavy atom. The van der Waals surface area contributed by atoms with Crippen LogP contribution in [0.5, 0.6) is 0 Å². The average Bonchev–Trinajstić information content (AvgIpc) is 1.59. The molecule has 1 nitrogen and oxygen atoms in total. The van der Waals surface area contributed by atoms with E-state index in [4.69, 9.17) is 0 Å². The molecule has 0 spiro atoms. The average molecular weight is 129 g/mol. The van der Waals surface area contributed by atoms with Crippen LogP contribution in [0.15, 0.2) is 11.9 Å². The minimum atomic E-state index is -0.921. The first-order chi connectivity index (χ1) is 3.56. The third-order valence-corrected chi connectivity index (χ3v) is 1.92. The molecule has 0 saturated carbocycles. The smallest absolute Gasteiger partial charge is 0.0705 e. The number of hydrogen-bond donors (Lipinski definition) is 1. The third-order valence-electron chi connectivity index (χ3n) is 0.750. The first kappa shape index (κ1) is 7.76. The quantitative estimate of drug-likeness (QED) is 0.558. The number of hydrogen-bond acceptors (Lipinski definition) is 1. The summed E-state index contributed by atoms with van der Waals surface area (Å²) in [5, 5.41) is 2.98. The molecule has 8 heavy (non-hydrogen) atoms. The second-order valence-electron chi connectivity index (χ2n) is 2.99. The summed E-state index contributed by atoms with van der Waals surface area (Å²) in [4.78, 5) is 0. The van der Waals surface area contributed by atoms with Crippen LogP contribution in [0.1, 0.15) is 0 Å². The number of rotatable bonds is 2. The van der Waals surface area contributed by atoms with Gasteiger partial charge in [0.1, 0.15) is 0 Å². The molecule has 48 valence electrons. The highest BCUT2D eigenvalue weighted by Crippen LogP contribution is 1.99. The predicted molar refractivity (Wildman–Crippen MR) is 41.5 cm³/mol. The molecule has 0 aliphatic heterocycles. The zero-order valence-corrected chi connectivity index (χ0v) is 7.15. The van der Waals surface area contributed by atoms with E-state index in [0.29, 0.717) is 0 Å². The van der Waals surface area contributed by atoms with E-state index in [1.165, 1.54) is 0 Å². The molecular weight excluding hydrogens is 114 g/mol. The summed E-state index contributed by atoms with van der Waals surface area (Å²) in [5.74, 6) is 0. The fraction of sp³-hybridized carbons (Fsp3) is 0.667. The summed E-state index contributed by atoms with van der Waals surface area (Å²) < 4.78 is 0. The predicted octanol–water partition coefficient (Wildman–Crippen LogP) is 1.60. The van der Waals surface area contributed by atoms with Crippen molar-refractivity contribution in [3.05, 3.63) is 11.9 Å². The van der Waals surface area contributed by atoms with Crippen molar-refractivity contribution in [3.8, 4) is 0 Å². The van der Waals surface area contributed by atoms with Crippen LogP contribution in [0.2, 0.25) is 19.6 Å². The van der Waals surface area contributed by atoms with Crippen molar-refractivity contribution in [3.63, 3.8) is 0 Å². The van der Waals surface area contributed by atoms with Crippen molar-refractivity contribution in [2.24, 2.45) is 0 Å². The Bertz CT molecular complexity index is 81.0. The third kappa shape index (κ3) is 5.76. The molecule has 0 aromatic heterocycles. The van der Waals surface area contributed by atoms with Crippen molar-refractivity contribution in [1.82, 2.24) is 5.32 Å². The van der Waals surface area contributed by atoms with Crippen LogP contribution in [0, 0.1) is 0 Å². The molecule has 0 rings (SSSR count). The number of nitrogens with one attached hydrogen (secondary N) is 1. The van der Waals surface area contributed by atoms with Crippen LogP contribution in [0.3, 0.4) is 0 Å². The van der Waals surface area contributed by atoms with Crippen LogP contribution < -0.4 is 5.32 Å².